The highest BCUT2D eigenvalue weighted by atomic mass is 35.5. The molecule has 0 aliphatic rings. The van der Waals surface area contributed by atoms with Gasteiger partial charge >= 0.3 is 0 Å². The van der Waals surface area contributed by atoms with Gasteiger partial charge in [-0.25, -0.2) is 0 Å². The number of benzene rings is 1. The van der Waals surface area contributed by atoms with Crippen molar-refractivity contribution < 1.29 is 0 Å². The van der Waals surface area contributed by atoms with E-state index in [1.165, 1.54) is 5.56 Å². The Kier molecular flexibility index (Phi) is 3.48. The maximum atomic E-state index is 5.70. The lowest BCUT2D eigenvalue weighted by Gasteiger charge is -2.23. The van der Waals surface area contributed by atoms with Crippen molar-refractivity contribution >= 4 is 23.4 Å². The van der Waals surface area contributed by atoms with Gasteiger partial charge in [0.05, 0.1) is 5.21 Å². The zero-order valence-corrected chi connectivity index (χ0v) is 8.95. The molecule has 12 heavy (non-hydrogen) atoms. The lowest BCUT2D eigenvalue weighted by atomic mass is 10.0. The number of alkyl halides is 1. The fourth-order valence-corrected chi connectivity index (χ4v) is 2.45. The van der Waals surface area contributed by atoms with Crippen molar-refractivity contribution in [2.24, 2.45) is 0 Å². The van der Waals surface area contributed by atoms with Crippen molar-refractivity contribution in [1.29, 1.82) is 0 Å². The molecule has 66 valence electrons. The number of rotatable bonds is 3. The average molecular weight is 201 g/mol. The number of halogens is 1. The van der Waals surface area contributed by atoms with Crippen LogP contribution in [0.3, 0.4) is 0 Å². The van der Waals surface area contributed by atoms with Gasteiger partial charge in [0, 0.05) is 4.75 Å². The summed E-state index contributed by atoms with van der Waals surface area (Å²) < 4.78 is 0.128. The first-order chi connectivity index (χ1) is 5.67. The molecule has 0 atom stereocenters. The van der Waals surface area contributed by atoms with Crippen LogP contribution in [0, 0.1) is 0 Å². The third-order valence-corrected chi connectivity index (χ3v) is 3.28. The molecule has 0 amide bonds. The van der Waals surface area contributed by atoms with Gasteiger partial charge in [-0.05, 0) is 19.4 Å². The van der Waals surface area contributed by atoms with E-state index in [4.69, 9.17) is 11.6 Å². The van der Waals surface area contributed by atoms with Crippen LogP contribution >= 0.6 is 23.4 Å². The number of hydrogen-bond donors (Lipinski definition) is 0. The standard InChI is InChI=1S/C10H13ClS/c1-10(2,12-8-11)9-6-4-3-5-7-9/h3-7H,8H2,1-2H3. The predicted molar refractivity (Wildman–Crippen MR) is 57.8 cm³/mol. The van der Waals surface area contributed by atoms with Crippen LogP contribution in [0.1, 0.15) is 19.4 Å². The summed E-state index contributed by atoms with van der Waals surface area (Å²) in [6, 6.07) is 10.4. The summed E-state index contributed by atoms with van der Waals surface area (Å²) in [6.45, 7) is 4.38. The number of thioether (sulfide) groups is 1. The van der Waals surface area contributed by atoms with E-state index in [9.17, 15) is 0 Å². The normalized spacial score (nSPS) is 11.6. The van der Waals surface area contributed by atoms with Gasteiger partial charge in [0.25, 0.3) is 0 Å². The van der Waals surface area contributed by atoms with E-state index < -0.39 is 0 Å². The SMILES string of the molecule is CC(C)(SCCl)c1ccccc1. The topological polar surface area (TPSA) is 0 Å². The highest BCUT2D eigenvalue weighted by Gasteiger charge is 2.19. The van der Waals surface area contributed by atoms with Gasteiger partial charge < -0.3 is 0 Å². The summed E-state index contributed by atoms with van der Waals surface area (Å²) in [5.41, 5.74) is 1.33. The number of hydrogen-bond acceptors (Lipinski definition) is 1. The Morgan fingerprint density at radius 1 is 1.25 bits per heavy atom. The Labute approximate surface area is 83.3 Å². The van der Waals surface area contributed by atoms with E-state index in [0.717, 1.165) is 0 Å². The minimum Gasteiger partial charge on any atom is -0.135 e. The van der Waals surface area contributed by atoms with Crippen molar-refractivity contribution in [3.05, 3.63) is 35.9 Å². The first-order valence-corrected chi connectivity index (χ1v) is 5.44. The van der Waals surface area contributed by atoms with Gasteiger partial charge in [-0.3, -0.25) is 0 Å². The third kappa shape index (κ3) is 2.43. The van der Waals surface area contributed by atoms with Crippen LogP contribution in [0.2, 0.25) is 0 Å². The minimum atomic E-state index is 0.128. The second kappa shape index (κ2) is 4.20. The van der Waals surface area contributed by atoms with Gasteiger partial charge in [0.1, 0.15) is 0 Å². The lowest BCUT2D eigenvalue weighted by molar-refractivity contribution is 0.785. The molecule has 0 bridgehead atoms. The molecule has 0 aliphatic carbocycles. The molecular weight excluding hydrogens is 188 g/mol. The molecule has 0 aromatic heterocycles. The van der Waals surface area contributed by atoms with E-state index in [1.807, 2.05) is 6.07 Å². The molecule has 1 rings (SSSR count). The average Bonchev–Trinajstić information content (AvgIpc) is 2.06. The van der Waals surface area contributed by atoms with Crippen molar-refractivity contribution in [2.45, 2.75) is 18.6 Å². The van der Waals surface area contributed by atoms with Crippen molar-refractivity contribution in [3.63, 3.8) is 0 Å². The van der Waals surface area contributed by atoms with Crippen LogP contribution in [-0.4, -0.2) is 5.21 Å². The fraction of sp³-hybridized carbons (Fsp3) is 0.400. The van der Waals surface area contributed by atoms with Gasteiger partial charge in [0.15, 0.2) is 0 Å². The summed E-state index contributed by atoms with van der Waals surface area (Å²) in [5, 5.41) is 0.641. The maximum absolute atomic E-state index is 5.70. The molecular formula is C10H13ClS. The van der Waals surface area contributed by atoms with Crippen LogP contribution in [0.5, 0.6) is 0 Å². The third-order valence-electron chi connectivity index (χ3n) is 1.88. The van der Waals surface area contributed by atoms with Crippen LogP contribution in [-0.2, 0) is 4.75 Å². The van der Waals surface area contributed by atoms with Crippen LogP contribution in [0.25, 0.3) is 0 Å². The van der Waals surface area contributed by atoms with Crippen LogP contribution in [0.4, 0.5) is 0 Å². The second-order valence-electron chi connectivity index (χ2n) is 3.13. The first kappa shape index (κ1) is 9.94. The molecule has 0 nitrogen and oxygen atoms in total. The maximum Gasteiger partial charge on any atom is 0.0689 e. The Balaban J connectivity index is 2.82. The molecule has 1 aromatic rings. The smallest absolute Gasteiger partial charge is 0.0689 e. The van der Waals surface area contributed by atoms with Gasteiger partial charge in [-0.15, -0.1) is 23.4 Å². The Morgan fingerprint density at radius 2 is 1.83 bits per heavy atom. The molecule has 0 unspecified atom stereocenters. The summed E-state index contributed by atoms with van der Waals surface area (Å²) in [4.78, 5) is 0. The molecule has 2 heteroatoms. The summed E-state index contributed by atoms with van der Waals surface area (Å²) in [7, 11) is 0. The Hall–Kier alpha value is -0.140. The highest BCUT2D eigenvalue weighted by molar-refractivity contribution is 8.01. The Bertz CT molecular complexity index is 231. The van der Waals surface area contributed by atoms with E-state index in [0.29, 0.717) is 5.21 Å². The summed E-state index contributed by atoms with van der Waals surface area (Å²) in [6.07, 6.45) is 0. The van der Waals surface area contributed by atoms with Crippen LogP contribution < -0.4 is 0 Å². The van der Waals surface area contributed by atoms with E-state index in [2.05, 4.69) is 38.1 Å². The van der Waals surface area contributed by atoms with E-state index in [-0.39, 0.29) is 4.75 Å². The molecule has 0 aliphatic heterocycles. The highest BCUT2D eigenvalue weighted by Crippen LogP contribution is 2.35. The molecule has 0 saturated carbocycles. The van der Waals surface area contributed by atoms with Crippen molar-refractivity contribution in [2.75, 3.05) is 5.21 Å². The molecule has 0 N–H and O–H groups in total. The molecule has 0 heterocycles. The van der Waals surface area contributed by atoms with Gasteiger partial charge in [-0.2, -0.15) is 0 Å². The van der Waals surface area contributed by atoms with Gasteiger partial charge in [0.2, 0.25) is 0 Å². The lowest BCUT2D eigenvalue weighted by Crippen LogP contribution is -2.11. The van der Waals surface area contributed by atoms with Gasteiger partial charge in [-0.1, -0.05) is 30.3 Å². The zero-order valence-electron chi connectivity index (χ0n) is 7.38. The minimum absolute atomic E-state index is 0.128. The zero-order chi connectivity index (χ0) is 9.03. The first-order valence-electron chi connectivity index (χ1n) is 3.92. The molecule has 0 radical (unpaired) electrons. The molecule has 0 fully saturated rings. The fourth-order valence-electron chi connectivity index (χ4n) is 1.06. The summed E-state index contributed by atoms with van der Waals surface area (Å²) in [5.74, 6) is 0. The predicted octanol–water partition coefficient (Wildman–Crippen LogP) is 3.85. The molecule has 1 aromatic carbocycles. The second-order valence-corrected chi connectivity index (χ2v) is 5.31. The van der Waals surface area contributed by atoms with E-state index in [1.54, 1.807) is 11.8 Å². The monoisotopic (exact) mass is 200 g/mol. The molecule has 0 spiro atoms. The van der Waals surface area contributed by atoms with Crippen molar-refractivity contribution in [3.8, 4) is 0 Å². The quantitative estimate of drug-likeness (QED) is 0.668. The molecule has 0 saturated heterocycles. The largest absolute Gasteiger partial charge is 0.135 e. The van der Waals surface area contributed by atoms with E-state index >= 15 is 0 Å². The van der Waals surface area contributed by atoms with Crippen molar-refractivity contribution in [1.82, 2.24) is 0 Å². The Morgan fingerprint density at radius 3 is 2.33 bits per heavy atom. The van der Waals surface area contributed by atoms with Crippen LogP contribution in [0.15, 0.2) is 30.3 Å². The summed E-state index contributed by atoms with van der Waals surface area (Å²) >= 11 is 7.45.